The molecule has 0 saturated carbocycles. The number of imidazole rings is 1. The number of nitrogens with zero attached hydrogens (tertiary/aromatic N) is 4. The largest absolute Gasteiger partial charge is 0.480 e. The second-order valence-electron chi connectivity index (χ2n) is 11.5. The first-order valence-corrected chi connectivity index (χ1v) is 14.9. The summed E-state index contributed by atoms with van der Waals surface area (Å²) in [6.07, 6.45) is 10.8. The van der Waals surface area contributed by atoms with Crippen molar-refractivity contribution in [3.8, 4) is 17.1 Å². The molecule has 43 heavy (non-hydrogen) atoms. The zero-order chi connectivity index (χ0) is 29.3. The maximum Gasteiger partial charge on any atom is 0.227 e. The molecule has 2 N–H and O–H groups in total. The van der Waals surface area contributed by atoms with Gasteiger partial charge in [0.2, 0.25) is 11.8 Å². The molecule has 1 saturated heterocycles. The lowest BCUT2D eigenvalue weighted by Crippen LogP contribution is -2.50. The van der Waals surface area contributed by atoms with Gasteiger partial charge in [0.05, 0.1) is 42.5 Å². The zero-order valence-corrected chi connectivity index (χ0v) is 24.5. The quantitative estimate of drug-likeness (QED) is 0.309. The summed E-state index contributed by atoms with van der Waals surface area (Å²) in [4.78, 5) is 31.7. The Morgan fingerprint density at radius 3 is 2.72 bits per heavy atom. The maximum absolute atomic E-state index is 14.1. The average Bonchev–Trinajstić information content (AvgIpc) is 3.65. The van der Waals surface area contributed by atoms with Crippen LogP contribution in [-0.4, -0.2) is 63.4 Å². The van der Waals surface area contributed by atoms with Crippen LogP contribution in [0.4, 0.5) is 0 Å². The van der Waals surface area contributed by atoms with Crippen molar-refractivity contribution in [1.82, 2.24) is 30.1 Å². The number of hydrogen-bond acceptors (Lipinski definition) is 6. The summed E-state index contributed by atoms with van der Waals surface area (Å²) in [5.74, 6) is 1.66. The number of carbonyl (C=O) groups excluding carboxylic acids is 1. The van der Waals surface area contributed by atoms with Crippen LogP contribution < -0.4 is 10.1 Å². The smallest absolute Gasteiger partial charge is 0.227 e. The molecule has 2 aromatic carbocycles. The molecule has 1 amide bonds. The van der Waals surface area contributed by atoms with E-state index in [2.05, 4.69) is 76.8 Å². The molecule has 8 heteroatoms. The van der Waals surface area contributed by atoms with Gasteiger partial charge in [0.1, 0.15) is 11.9 Å². The molecule has 0 spiro atoms. The number of carbonyl (C=O) groups is 1. The van der Waals surface area contributed by atoms with Gasteiger partial charge in [-0.15, -0.1) is 0 Å². The lowest BCUT2D eigenvalue weighted by atomic mass is 9.88. The summed E-state index contributed by atoms with van der Waals surface area (Å²) in [5, 5.41) is 4.59. The number of rotatable bonds is 7. The third-order valence-electron chi connectivity index (χ3n) is 8.86. The number of amides is 1. The van der Waals surface area contributed by atoms with Crippen LogP contribution in [0.25, 0.3) is 22.2 Å². The van der Waals surface area contributed by atoms with Gasteiger partial charge in [0.25, 0.3) is 0 Å². The summed E-state index contributed by atoms with van der Waals surface area (Å²) in [7, 11) is 1.64. The monoisotopic (exact) mass is 572 g/mol. The third kappa shape index (κ3) is 5.34. The van der Waals surface area contributed by atoms with E-state index in [1.165, 1.54) is 11.1 Å². The van der Waals surface area contributed by atoms with E-state index in [1.807, 2.05) is 41.4 Å². The molecular formula is C35H36N6O2. The number of ether oxygens (including phenoxy) is 1. The number of piperazine rings is 1. The zero-order valence-electron chi connectivity index (χ0n) is 24.5. The second-order valence-corrected chi connectivity index (χ2v) is 11.5. The fourth-order valence-corrected chi connectivity index (χ4v) is 6.63. The minimum Gasteiger partial charge on any atom is -0.480 e. The molecule has 8 nitrogen and oxygen atoms in total. The molecule has 2 aliphatic heterocycles. The first-order valence-electron chi connectivity index (χ1n) is 14.9. The number of benzene rings is 2. The molecule has 7 rings (SSSR count). The van der Waals surface area contributed by atoms with Crippen LogP contribution in [0.5, 0.6) is 5.88 Å². The van der Waals surface area contributed by atoms with Crippen molar-refractivity contribution in [2.75, 3.05) is 26.7 Å². The van der Waals surface area contributed by atoms with E-state index >= 15 is 0 Å². The molecule has 3 aliphatic rings. The van der Waals surface area contributed by atoms with E-state index in [0.717, 1.165) is 46.8 Å². The van der Waals surface area contributed by atoms with Gasteiger partial charge in [0, 0.05) is 43.2 Å². The van der Waals surface area contributed by atoms with E-state index in [1.54, 1.807) is 7.11 Å². The number of para-hydroxylation sites is 1. The normalized spacial score (nSPS) is 21.7. The van der Waals surface area contributed by atoms with E-state index in [0.29, 0.717) is 25.4 Å². The molecule has 4 aromatic rings. The van der Waals surface area contributed by atoms with Crippen LogP contribution >= 0.6 is 0 Å². The van der Waals surface area contributed by atoms with Crippen molar-refractivity contribution in [2.24, 2.45) is 5.92 Å². The average molecular weight is 573 g/mol. The lowest BCUT2D eigenvalue weighted by molar-refractivity contribution is -0.136. The number of hydrogen-bond donors (Lipinski definition) is 2. The van der Waals surface area contributed by atoms with Gasteiger partial charge in [-0.1, -0.05) is 72.8 Å². The van der Waals surface area contributed by atoms with E-state index < -0.39 is 0 Å². The van der Waals surface area contributed by atoms with Crippen LogP contribution in [0.1, 0.15) is 30.8 Å². The Morgan fingerprint density at radius 1 is 1.05 bits per heavy atom. The van der Waals surface area contributed by atoms with Gasteiger partial charge in [-0.2, -0.15) is 0 Å². The highest BCUT2D eigenvalue weighted by Crippen LogP contribution is 2.36. The van der Waals surface area contributed by atoms with E-state index in [4.69, 9.17) is 14.7 Å². The minimum absolute atomic E-state index is 0.131. The van der Waals surface area contributed by atoms with Crippen LogP contribution in [-0.2, 0) is 11.3 Å². The Balaban J connectivity index is 1.19. The number of methoxy groups -OCH3 is 1. The van der Waals surface area contributed by atoms with Gasteiger partial charge in [-0.3, -0.25) is 9.69 Å². The Hall–Kier alpha value is -4.69. The molecule has 1 aliphatic carbocycles. The highest BCUT2D eigenvalue weighted by atomic mass is 16.5. The number of fused-ring (bicyclic) bond motifs is 2. The Labute approximate surface area is 251 Å². The predicted molar refractivity (Wildman–Crippen MR) is 168 cm³/mol. The Bertz CT molecular complexity index is 1740. The van der Waals surface area contributed by atoms with Crippen molar-refractivity contribution < 1.29 is 9.53 Å². The SMILES string of the molecule is COc1nc2ccccc2cc1-c1cnc(C2CN(Cc3ccccc3)CCN2C(=O)CC2=C(C)NC3C=CC=CC23)[nH]1. The fraction of sp³-hybridized carbons (Fsp3) is 0.286. The maximum atomic E-state index is 14.1. The summed E-state index contributed by atoms with van der Waals surface area (Å²) < 4.78 is 5.68. The van der Waals surface area contributed by atoms with Gasteiger partial charge in [-0.25, -0.2) is 9.97 Å². The van der Waals surface area contributed by atoms with Gasteiger partial charge >= 0.3 is 0 Å². The second kappa shape index (κ2) is 11.5. The molecule has 4 heterocycles. The van der Waals surface area contributed by atoms with Gasteiger partial charge in [-0.05, 0) is 30.2 Å². The minimum atomic E-state index is -0.217. The number of pyridine rings is 1. The van der Waals surface area contributed by atoms with Crippen LogP contribution in [0.2, 0.25) is 0 Å². The van der Waals surface area contributed by atoms with Crippen molar-refractivity contribution in [3.63, 3.8) is 0 Å². The number of aromatic nitrogens is 3. The fourth-order valence-electron chi connectivity index (χ4n) is 6.63. The molecule has 1 fully saturated rings. The predicted octanol–water partition coefficient (Wildman–Crippen LogP) is 5.40. The number of allylic oxidation sites excluding steroid dienone is 3. The van der Waals surface area contributed by atoms with Crippen LogP contribution in [0.15, 0.2) is 102 Å². The molecule has 0 bridgehead atoms. The highest BCUT2D eigenvalue weighted by molar-refractivity contribution is 5.85. The van der Waals surface area contributed by atoms with E-state index in [-0.39, 0.29) is 23.9 Å². The number of nitrogens with one attached hydrogen (secondary N) is 2. The summed E-state index contributed by atoms with van der Waals surface area (Å²) in [5.41, 5.74) is 6.08. The molecule has 0 radical (unpaired) electrons. The molecule has 218 valence electrons. The van der Waals surface area contributed by atoms with Crippen molar-refractivity contribution >= 4 is 16.8 Å². The van der Waals surface area contributed by atoms with Gasteiger partial charge < -0.3 is 19.9 Å². The molecule has 2 aromatic heterocycles. The molecule has 3 atom stereocenters. The van der Waals surface area contributed by atoms with E-state index in [9.17, 15) is 4.79 Å². The van der Waals surface area contributed by atoms with Crippen LogP contribution in [0, 0.1) is 5.92 Å². The van der Waals surface area contributed by atoms with Crippen molar-refractivity contribution in [1.29, 1.82) is 0 Å². The lowest BCUT2D eigenvalue weighted by Gasteiger charge is -2.41. The molecular weight excluding hydrogens is 536 g/mol. The molecule has 3 unspecified atom stereocenters. The Morgan fingerprint density at radius 2 is 1.86 bits per heavy atom. The third-order valence-corrected chi connectivity index (χ3v) is 8.86. The summed E-state index contributed by atoms with van der Waals surface area (Å²) >= 11 is 0. The number of H-pyrrole nitrogens is 1. The highest BCUT2D eigenvalue weighted by Gasteiger charge is 2.37. The summed E-state index contributed by atoms with van der Waals surface area (Å²) in [6, 6.07) is 20.6. The van der Waals surface area contributed by atoms with Crippen molar-refractivity contribution in [3.05, 3.63) is 114 Å². The van der Waals surface area contributed by atoms with Gasteiger partial charge in [0.15, 0.2) is 0 Å². The Kier molecular flexibility index (Phi) is 7.28. The first-order chi connectivity index (χ1) is 21.1. The number of aromatic amines is 1. The standard InChI is InChI=1S/C35H36N6O2/c1-23-27(26-13-7-9-15-30(26)37-23)19-33(42)41-17-16-40(21-24-10-4-3-5-11-24)22-32(41)34-36-20-31(38-34)28-18-25-12-6-8-14-29(25)39-35(28)43-2/h3-15,18,20,26,30,32,37H,16-17,19,21-22H2,1-2H3,(H,36,38). The first kappa shape index (κ1) is 27.2. The summed E-state index contributed by atoms with van der Waals surface area (Å²) in [6.45, 7) is 5.03. The topological polar surface area (TPSA) is 86.4 Å². The van der Waals surface area contributed by atoms with Crippen molar-refractivity contribution in [2.45, 2.75) is 32.0 Å². The van der Waals surface area contributed by atoms with Crippen LogP contribution in [0.3, 0.4) is 0 Å².